The maximum absolute atomic E-state index is 12.1. The van der Waals surface area contributed by atoms with Crippen LogP contribution in [0.15, 0.2) is 67.0 Å². The summed E-state index contributed by atoms with van der Waals surface area (Å²) in [6.07, 6.45) is 3.63. The lowest BCUT2D eigenvalue weighted by molar-refractivity contribution is -0.119. The number of carbonyl (C=O) groups is 1. The monoisotopic (exact) mass is 540 g/mol. The Labute approximate surface area is 234 Å². The number of aromatic nitrogens is 3. The van der Waals surface area contributed by atoms with Crippen LogP contribution in [-0.4, -0.2) is 39.3 Å². The van der Waals surface area contributed by atoms with Crippen LogP contribution < -0.4 is 15.5 Å². The van der Waals surface area contributed by atoms with E-state index in [1.54, 1.807) is 0 Å². The minimum absolute atomic E-state index is 0.000511. The van der Waals surface area contributed by atoms with Crippen molar-refractivity contribution < 1.29 is 9.53 Å². The summed E-state index contributed by atoms with van der Waals surface area (Å²) in [5.74, 6) is 0.720. The number of nitrogens with zero attached hydrogens (tertiary/aromatic N) is 4. The number of nitrogens with one attached hydrogen (secondary N) is 2. The number of aryl methyl sites for hydroxylation is 3. The number of methoxy groups -OCH3 is 1. The van der Waals surface area contributed by atoms with Crippen LogP contribution in [0.5, 0.6) is 0 Å². The third-order valence-corrected chi connectivity index (χ3v) is 7.43. The predicted octanol–water partition coefficient (Wildman–Crippen LogP) is 5.26. The number of pyridine rings is 2. The maximum atomic E-state index is 12.1. The van der Waals surface area contributed by atoms with E-state index < -0.39 is 0 Å². The van der Waals surface area contributed by atoms with Crippen molar-refractivity contribution in [2.24, 2.45) is 0 Å². The molecule has 0 bridgehead atoms. The van der Waals surface area contributed by atoms with Crippen molar-refractivity contribution in [1.82, 2.24) is 19.9 Å². The Hall–Kier alpha value is -4.08. The summed E-state index contributed by atoms with van der Waals surface area (Å²) >= 11 is 5.94. The van der Waals surface area contributed by atoms with E-state index in [1.165, 1.54) is 7.11 Å². The molecule has 0 saturated carbocycles. The Morgan fingerprint density at radius 3 is 2.51 bits per heavy atom. The van der Waals surface area contributed by atoms with Crippen molar-refractivity contribution in [2.45, 2.75) is 39.8 Å². The standard InChI is InChI=1S/C30H32N6O2S/c1-18-9-8-14-32-29(18)35-20(3)16-23(21(35)4)28-27(25-10-6-7-13-31-25)34-30(39)36(28)22-11-12-24(19(2)15-22)33-26(37)17-38-5/h6-16,27-28H,17H2,1-5H3,(H,33,37)(H,34,39)/t27-,28+/m0/s1. The molecular weight excluding hydrogens is 508 g/mol. The van der Waals surface area contributed by atoms with Gasteiger partial charge in [-0.15, -0.1) is 0 Å². The fourth-order valence-electron chi connectivity index (χ4n) is 5.33. The quantitative estimate of drug-likeness (QED) is 0.309. The number of benzene rings is 1. The highest BCUT2D eigenvalue weighted by molar-refractivity contribution is 7.80. The summed E-state index contributed by atoms with van der Waals surface area (Å²) < 4.78 is 7.16. The molecule has 4 aromatic rings. The maximum Gasteiger partial charge on any atom is 0.250 e. The number of rotatable bonds is 7. The van der Waals surface area contributed by atoms with Crippen LogP contribution in [0.25, 0.3) is 5.82 Å². The number of thiocarbonyl (C=S) groups is 1. The van der Waals surface area contributed by atoms with Crippen LogP contribution >= 0.6 is 12.2 Å². The van der Waals surface area contributed by atoms with E-state index in [0.717, 1.165) is 51.0 Å². The van der Waals surface area contributed by atoms with Gasteiger partial charge in [-0.2, -0.15) is 0 Å². The first kappa shape index (κ1) is 26.5. The summed E-state index contributed by atoms with van der Waals surface area (Å²) in [6, 6.07) is 17.8. The summed E-state index contributed by atoms with van der Waals surface area (Å²) in [5, 5.41) is 7.07. The third kappa shape index (κ3) is 5.03. The molecule has 0 radical (unpaired) electrons. The molecule has 1 fully saturated rings. The lowest BCUT2D eigenvalue weighted by atomic mass is 9.96. The largest absolute Gasteiger partial charge is 0.375 e. The normalized spacial score (nSPS) is 16.8. The molecule has 5 rings (SSSR count). The third-order valence-electron chi connectivity index (χ3n) is 7.12. The summed E-state index contributed by atoms with van der Waals surface area (Å²) in [5.41, 5.74) is 7.92. The molecule has 2 atom stereocenters. The molecular formula is C30H32N6O2S. The molecule has 1 amide bonds. The van der Waals surface area contributed by atoms with Gasteiger partial charge >= 0.3 is 0 Å². The topological polar surface area (TPSA) is 84.3 Å². The second-order valence-corrected chi connectivity index (χ2v) is 10.2. The van der Waals surface area contributed by atoms with Crippen LogP contribution in [-0.2, 0) is 9.53 Å². The van der Waals surface area contributed by atoms with Crippen LogP contribution in [0, 0.1) is 27.7 Å². The van der Waals surface area contributed by atoms with Gasteiger partial charge in [0.1, 0.15) is 12.4 Å². The van der Waals surface area contributed by atoms with Crippen LogP contribution in [0.3, 0.4) is 0 Å². The molecule has 39 heavy (non-hydrogen) atoms. The molecule has 4 heterocycles. The SMILES string of the molecule is COCC(=O)Nc1ccc(N2C(=S)N[C@@H](c3ccccn3)[C@H]2c2cc(C)n(-c3ncccc3C)c2C)cc1C. The van der Waals surface area contributed by atoms with Crippen molar-refractivity contribution in [1.29, 1.82) is 0 Å². The lowest BCUT2D eigenvalue weighted by Gasteiger charge is -2.29. The Balaban J connectivity index is 1.62. The van der Waals surface area contributed by atoms with E-state index in [0.29, 0.717) is 5.11 Å². The van der Waals surface area contributed by atoms with E-state index >= 15 is 0 Å². The fraction of sp³-hybridized carbons (Fsp3) is 0.267. The number of hydrogen-bond acceptors (Lipinski definition) is 5. The van der Waals surface area contributed by atoms with Gasteiger partial charge in [0.25, 0.3) is 0 Å². The van der Waals surface area contributed by atoms with Gasteiger partial charge in [-0.25, -0.2) is 4.98 Å². The molecule has 2 N–H and O–H groups in total. The first-order chi connectivity index (χ1) is 18.8. The van der Waals surface area contributed by atoms with Gasteiger partial charge in [0.2, 0.25) is 5.91 Å². The lowest BCUT2D eigenvalue weighted by Crippen LogP contribution is -2.29. The van der Waals surface area contributed by atoms with E-state index in [2.05, 4.69) is 63.0 Å². The molecule has 3 aromatic heterocycles. The van der Waals surface area contributed by atoms with E-state index in [1.807, 2.05) is 61.8 Å². The zero-order valence-corrected chi connectivity index (χ0v) is 23.5. The number of ether oxygens (including phenoxy) is 1. The summed E-state index contributed by atoms with van der Waals surface area (Å²) in [6.45, 7) is 8.28. The minimum Gasteiger partial charge on any atom is -0.375 e. The van der Waals surface area contributed by atoms with E-state index in [-0.39, 0.29) is 24.6 Å². The average Bonchev–Trinajstić information content (AvgIpc) is 3.41. The smallest absolute Gasteiger partial charge is 0.250 e. The van der Waals surface area contributed by atoms with Crippen molar-refractivity contribution in [3.8, 4) is 5.82 Å². The van der Waals surface area contributed by atoms with E-state index in [9.17, 15) is 4.79 Å². The minimum atomic E-state index is -0.197. The molecule has 0 aliphatic carbocycles. The van der Waals surface area contributed by atoms with E-state index in [4.69, 9.17) is 17.0 Å². The van der Waals surface area contributed by atoms with Gasteiger partial charge < -0.3 is 24.8 Å². The van der Waals surface area contributed by atoms with Gasteiger partial charge in [0.05, 0.1) is 17.8 Å². The van der Waals surface area contributed by atoms with Gasteiger partial charge in [-0.3, -0.25) is 9.78 Å². The molecule has 9 heteroatoms. The summed E-state index contributed by atoms with van der Waals surface area (Å²) in [7, 11) is 1.50. The molecule has 1 saturated heterocycles. The predicted molar refractivity (Wildman–Crippen MR) is 157 cm³/mol. The second kappa shape index (κ2) is 11.0. The number of carbonyl (C=O) groups excluding carboxylic acids is 1. The molecule has 1 aromatic carbocycles. The molecule has 0 unspecified atom stereocenters. The highest BCUT2D eigenvalue weighted by atomic mass is 32.1. The zero-order valence-electron chi connectivity index (χ0n) is 22.7. The van der Waals surface area contributed by atoms with Gasteiger partial charge in [-0.05, 0) is 99.1 Å². The highest BCUT2D eigenvalue weighted by Gasteiger charge is 2.42. The zero-order chi connectivity index (χ0) is 27.7. The number of anilines is 2. The number of amides is 1. The first-order valence-electron chi connectivity index (χ1n) is 12.8. The molecule has 200 valence electrons. The fourth-order valence-corrected chi connectivity index (χ4v) is 5.67. The van der Waals surface area contributed by atoms with Crippen molar-refractivity contribution >= 4 is 34.6 Å². The molecule has 1 aliphatic heterocycles. The molecule has 0 spiro atoms. The van der Waals surface area contributed by atoms with Crippen molar-refractivity contribution in [3.05, 3.63) is 101 Å². The second-order valence-electron chi connectivity index (χ2n) is 9.78. The Kier molecular flexibility index (Phi) is 7.45. The van der Waals surface area contributed by atoms with Crippen molar-refractivity contribution in [2.75, 3.05) is 23.9 Å². The first-order valence-corrected chi connectivity index (χ1v) is 13.2. The average molecular weight is 541 g/mol. The van der Waals surface area contributed by atoms with Gasteiger partial charge in [-0.1, -0.05) is 12.1 Å². The Bertz CT molecular complexity index is 1530. The highest BCUT2D eigenvalue weighted by Crippen LogP contribution is 2.44. The Morgan fingerprint density at radius 1 is 1.03 bits per heavy atom. The summed E-state index contributed by atoms with van der Waals surface area (Å²) in [4.78, 5) is 23.6. The Morgan fingerprint density at radius 2 is 1.82 bits per heavy atom. The van der Waals surface area contributed by atoms with Crippen LogP contribution in [0.1, 0.15) is 45.9 Å². The van der Waals surface area contributed by atoms with Crippen LogP contribution in [0.4, 0.5) is 11.4 Å². The van der Waals surface area contributed by atoms with Gasteiger partial charge in [0.15, 0.2) is 5.11 Å². The molecule has 1 aliphatic rings. The van der Waals surface area contributed by atoms with Gasteiger partial charge in [0, 0.05) is 42.3 Å². The van der Waals surface area contributed by atoms with Crippen molar-refractivity contribution in [3.63, 3.8) is 0 Å². The van der Waals surface area contributed by atoms with Crippen LogP contribution in [0.2, 0.25) is 0 Å². The molecule has 8 nitrogen and oxygen atoms in total. The number of hydrogen-bond donors (Lipinski definition) is 2.